The molecule has 33 heavy (non-hydrogen) atoms. The van der Waals surface area contributed by atoms with E-state index in [0.29, 0.717) is 6.42 Å². The molecular formula is C31H40O2. The molecule has 0 aliphatic heterocycles. The molecule has 0 aromatic heterocycles. The maximum atomic E-state index is 11.0. The SMILES string of the molecule is CCCCCCCCCCCC(O)OC(c1ccccc1)(c1ccccc1)c1ccccc1. The van der Waals surface area contributed by atoms with E-state index >= 15 is 0 Å². The monoisotopic (exact) mass is 444 g/mol. The first-order valence-corrected chi connectivity index (χ1v) is 12.8. The van der Waals surface area contributed by atoms with Crippen LogP contribution in [0, 0.1) is 0 Å². The average Bonchev–Trinajstić information content (AvgIpc) is 2.88. The van der Waals surface area contributed by atoms with Gasteiger partial charge >= 0.3 is 0 Å². The lowest BCUT2D eigenvalue weighted by Crippen LogP contribution is -2.37. The second-order valence-electron chi connectivity index (χ2n) is 8.97. The Morgan fingerprint density at radius 3 is 1.33 bits per heavy atom. The van der Waals surface area contributed by atoms with E-state index in [1.54, 1.807) is 0 Å². The fraction of sp³-hybridized carbons (Fsp3) is 0.419. The first kappa shape index (κ1) is 25.2. The van der Waals surface area contributed by atoms with Crippen LogP contribution in [-0.2, 0) is 10.3 Å². The number of hydrogen-bond acceptors (Lipinski definition) is 2. The summed E-state index contributed by atoms with van der Waals surface area (Å²) < 4.78 is 6.62. The minimum atomic E-state index is -0.859. The molecule has 2 heteroatoms. The van der Waals surface area contributed by atoms with Crippen molar-refractivity contribution in [2.75, 3.05) is 0 Å². The molecule has 0 saturated heterocycles. The zero-order valence-corrected chi connectivity index (χ0v) is 20.2. The number of aliphatic hydroxyl groups excluding tert-OH is 1. The van der Waals surface area contributed by atoms with Crippen molar-refractivity contribution in [3.8, 4) is 0 Å². The first-order valence-electron chi connectivity index (χ1n) is 12.8. The van der Waals surface area contributed by atoms with Gasteiger partial charge in [0.25, 0.3) is 0 Å². The van der Waals surface area contributed by atoms with Crippen LogP contribution in [0.4, 0.5) is 0 Å². The smallest absolute Gasteiger partial charge is 0.156 e. The third kappa shape index (κ3) is 7.28. The average molecular weight is 445 g/mol. The molecule has 0 fully saturated rings. The quantitative estimate of drug-likeness (QED) is 0.145. The summed E-state index contributed by atoms with van der Waals surface area (Å²) >= 11 is 0. The lowest BCUT2D eigenvalue weighted by atomic mass is 9.80. The fourth-order valence-corrected chi connectivity index (χ4v) is 4.62. The van der Waals surface area contributed by atoms with Gasteiger partial charge in [0.05, 0.1) is 0 Å². The zero-order valence-electron chi connectivity index (χ0n) is 20.2. The molecule has 0 heterocycles. The molecule has 0 radical (unpaired) electrons. The predicted molar refractivity (Wildman–Crippen MR) is 138 cm³/mol. The fourth-order valence-electron chi connectivity index (χ4n) is 4.62. The van der Waals surface area contributed by atoms with Gasteiger partial charge in [-0.25, -0.2) is 0 Å². The van der Waals surface area contributed by atoms with E-state index in [4.69, 9.17) is 4.74 Å². The van der Waals surface area contributed by atoms with Crippen molar-refractivity contribution < 1.29 is 9.84 Å². The maximum absolute atomic E-state index is 11.0. The lowest BCUT2D eigenvalue weighted by Gasteiger charge is -2.37. The number of aliphatic hydroxyl groups is 1. The van der Waals surface area contributed by atoms with Crippen LogP contribution in [0.5, 0.6) is 0 Å². The molecule has 0 aliphatic rings. The topological polar surface area (TPSA) is 29.5 Å². The van der Waals surface area contributed by atoms with Gasteiger partial charge in [-0.2, -0.15) is 0 Å². The van der Waals surface area contributed by atoms with Crippen molar-refractivity contribution >= 4 is 0 Å². The van der Waals surface area contributed by atoms with Crippen molar-refractivity contribution in [3.63, 3.8) is 0 Å². The van der Waals surface area contributed by atoms with Gasteiger partial charge in [-0.15, -0.1) is 0 Å². The number of ether oxygens (including phenoxy) is 1. The summed E-state index contributed by atoms with van der Waals surface area (Å²) in [4.78, 5) is 0. The Labute approximate surface area is 200 Å². The summed E-state index contributed by atoms with van der Waals surface area (Å²) in [5.74, 6) is 0. The van der Waals surface area contributed by atoms with E-state index in [9.17, 15) is 5.11 Å². The number of hydrogen-bond donors (Lipinski definition) is 1. The summed E-state index contributed by atoms with van der Waals surface area (Å²) in [5.41, 5.74) is 2.21. The molecule has 0 bridgehead atoms. The summed E-state index contributed by atoms with van der Waals surface area (Å²) in [5, 5.41) is 11.0. The molecular weight excluding hydrogens is 404 g/mol. The van der Waals surface area contributed by atoms with E-state index in [-0.39, 0.29) is 0 Å². The number of unbranched alkanes of at least 4 members (excludes halogenated alkanes) is 8. The summed E-state index contributed by atoms with van der Waals surface area (Å²) in [6.07, 6.45) is 11.2. The molecule has 0 amide bonds. The first-order chi connectivity index (χ1) is 16.3. The standard InChI is InChI=1S/C31H40O2/c1-2-3-4-5-6-7-8-9-19-26-30(32)33-31(27-20-13-10-14-21-27,28-22-15-11-16-23-28)29-24-17-12-18-25-29/h10-18,20-25,30,32H,2-9,19,26H2,1H3. The van der Waals surface area contributed by atoms with Gasteiger partial charge in [0.2, 0.25) is 0 Å². The minimum absolute atomic E-state index is 0.643. The highest BCUT2D eigenvalue weighted by Crippen LogP contribution is 2.41. The number of benzene rings is 3. The van der Waals surface area contributed by atoms with Crippen molar-refractivity contribution in [1.29, 1.82) is 0 Å². The Hall–Kier alpha value is -2.42. The largest absolute Gasteiger partial charge is 0.368 e. The van der Waals surface area contributed by atoms with Crippen LogP contribution in [0.15, 0.2) is 91.0 Å². The maximum Gasteiger partial charge on any atom is 0.156 e. The second-order valence-corrected chi connectivity index (χ2v) is 8.97. The Morgan fingerprint density at radius 2 is 0.939 bits per heavy atom. The van der Waals surface area contributed by atoms with Crippen LogP contribution in [0.1, 0.15) is 87.8 Å². The molecule has 0 saturated carbocycles. The minimum Gasteiger partial charge on any atom is -0.368 e. The zero-order chi connectivity index (χ0) is 23.2. The van der Waals surface area contributed by atoms with Gasteiger partial charge in [0.15, 0.2) is 6.29 Å². The van der Waals surface area contributed by atoms with Gasteiger partial charge < -0.3 is 9.84 Å². The van der Waals surface area contributed by atoms with Crippen LogP contribution in [0.3, 0.4) is 0 Å². The Balaban J connectivity index is 1.70. The van der Waals surface area contributed by atoms with Gasteiger partial charge in [0.1, 0.15) is 5.60 Å². The Morgan fingerprint density at radius 1 is 0.576 bits per heavy atom. The lowest BCUT2D eigenvalue weighted by molar-refractivity contribution is -0.162. The number of rotatable bonds is 15. The van der Waals surface area contributed by atoms with Crippen molar-refractivity contribution in [2.45, 2.75) is 83.0 Å². The summed E-state index contributed by atoms with van der Waals surface area (Å²) in [7, 11) is 0. The normalized spacial score (nSPS) is 12.5. The van der Waals surface area contributed by atoms with Gasteiger partial charge in [-0.1, -0.05) is 149 Å². The third-order valence-electron chi connectivity index (χ3n) is 6.41. The highest BCUT2D eigenvalue weighted by atomic mass is 16.6. The molecule has 1 unspecified atom stereocenters. The van der Waals surface area contributed by atoms with Crippen LogP contribution in [0.2, 0.25) is 0 Å². The van der Waals surface area contributed by atoms with Crippen molar-refractivity contribution in [2.24, 2.45) is 0 Å². The van der Waals surface area contributed by atoms with Crippen LogP contribution >= 0.6 is 0 Å². The van der Waals surface area contributed by atoms with Gasteiger partial charge in [0, 0.05) is 0 Å². The molecule has 3 aromatic rings. The molecule has 0 aliphatic carbocycles. The Bertz CT molecular complexity index is 780. The summed E-state index contributed by atoms with van der Waals surface area (Å²) in [6.45, 7) is 2.26. The van der Waals surface area contributed by atoms with E-state index in [1.807, 2.05) is 54.6 Å². The molecule has 3 rings (SSSR count). The van der Waals surface area contributed by atoms with Gasteiger partial charge in [-0.05, 0) is 29.5 Å². The van der Waals surface area contributed by atoms with Crippen LogP contribution < -0.4 is 0 Å². The van der Waals surface area contributed by atoms with Crippen LogP contribution in [-0.4, -0.2) is 11.4 Å². The van der Waals surface area contributed by atoms with Crippen LogP contribution in [0.25, 0.3) is 0 Å². The van der Waals surface area contributed by atoms with E-state index < -0.39 is 11.9 Å². The van der Waals surface area contributed by atoms with E-state index in [1.165, 1.54) is 44.9 Å². The van der Waals surface area contributed by atoms with Crippen molar-refractivity contribution in [1.82, 2.24) is 0 Å². The molecule has 3 aromatic carbocycles. The van der Waals surface area contributed by atoms with Crippen molar-refractivity contribution in [3.05, 3.63) is 108 Å². The predicted octanol–water partition coefficient (Wildman–Crippen LogP) is 8.23. The summed E-state index contributed by atoms with van der Waals surface area (Å²) in [6, 6.07) is 30.8. The molecule has 1 atom stereocenters. The van der Waals surface area contributed by atoms with Gasteiger partial charge in [-0.3, -0.25) is 0 Å². The molecule has 2 nitrogen and oxygen atoms in total. The Kier molecular flexibility index (Phi) is 10.7. The van der Waals surface area contributed by atoms with E-state index in [2.05, 4.69) is 43.3 Å². The second kappa shape index (κ2) is 14.0. The molecule has 176 valence electrons. The molecule has 1 N–H and O–H groups in total. The van der Waals surface area contributed by atoms with E-state index in [0.717, 1.165) is 29.5 Å². The highest BCUT2D eigenvalue weighted by Gasteiger charge is 2.39. The highest BCUT2D eigenvalue weighted by molar-refractivity contribution is 5.47. The third-order valence-corrected chi connectivity index (χ3v) is 6.41. The molecule has 0 spiro atoms.